The van der Waals surface area contributed by atoms with Crippen LogP contribution in [0.1, 0.15) is 22.3 Å². The summed E-state index contributed by atoms with van der Waals surface area (Å²) in [6, 6.07) is 3.22. The Balaban J connectivity index is 1.91. The topological polar surface area (TPSA) is 81.2 Å². The van der Waals surface area contributed by atoms with Gasteiger partial charge in [-0.1, -0.05) is 5.16 Å². The lowest BCUT2D eigenvalue weighted by atomic mass is 10.4. The van der Waals surface area contributed by atoms with Gasteiger partial charge in [-0.25, -0.2) is 0 Å². The predicted octanol–water partition coefficient (Wildman–Crippen LogP) is 0.901. The van der Waals surface area contributed by atoms with E-state index in [2.05, 4.69) is 15.5 Å². The van der Waals surface area contributed by atoms with E-state index < -0.39 is 0 Å². The van der Waals surface area contributed by atoms with Crippen LogP contribution in [0.4, 0.5) is 0 Å². The lowest BCUT2D eigenvalue weighted by Gasteiger charge is -1.97. The molecule has 0 atom stereocenters. The Morgan fingerprint density at radius 3 is 3.07 bits per heavy atom. The van der Waals surface area contributed by atoms with Gasteiger partial charge in [-0.3, -0.25) is 4.79 Å². The molecule has 0 fully saturated rings. The highest BCUT2D eigenvalue weighted by Gasteiger charge is 2.09. The van der Waals surface area contributed by atoms with Crippen molar-refractivity contribution in [2.24, 2.45) is 0 Å². The number of aromatic nitrogens is 2. The Morgan fingerprint density at radius 2 is 2.47 bits per heavy atom. The van der Waals surface area contributed by atoms with E-state index in [1.165, 1.54) is 6.26 Å². The second-order valence-corrected chi connectivity index (χ2v) is 2.90. The number of amides is 1. The molecule has 2 rings (SSSR count). The number of furan rings is 1. The molecule has 2 heterocycles. The van der Waals surface area contributed by atoms with Crippen molar-refractivity contribution in [1.29, 1.82) is 0 Å². The Morgan fingerprint density at radius 1 is 1.60 bits per heavy atom. The third kappa shape index (κ3) is 2.22. The molecule has 0 spiro atoms. The molecule has 0 saturated heterocycles. The van der Waals surface area contributed by atoms with Gasteiger partial charge in [0, 0.05) is 0 Å². The SMILES string of the molecule is Cc1noc(CNC(=O)c2ccco2)n1. The van der Waals surface area contributed by atoms with Crippen molar-refractivity contribution in [3.63, 3.8) is 0 Å². The standard InChI is InChI=1S/C9H9N3O3/c1-6-11-8(15-12-6)5-10-9(13)7-3-2-4-14-7/h2-4H,5H2,1H3,(H,10,13). The van der Waals surface area contributed by atoms with Gasteiger partial charge in [0.15, 0.2) is 11.6 Å². The first-order valence-corrected chi connectivity index (χ1v) is 4.36. The van der Waals surface area contributed by atoms with Crippen LogP contribution in [-0.2, 0) is 6.54 Å². The fourth-order valence-corrected chi connectivity index (χ4v) is 1.06. The summed E-state index contributed by atoms with van der Waals surface area (Å²) in [5, 5.41) is 6.18. The molecule has 1 amide bonds. The Labute approximate surface area is 85.3 Å². The first kappa shape index (κ1) is 9.45. The van der Waals surface area contributed by atoms with Crippen LogP contribution < -0.4 is 5.32 Å². The van der Waals surface area contributed by atoms with E-state index in [0.29, 0.717) is 11.7 Å². The number of rotatable bonds is 3. The van der Waals surface area contributed by atoms with E-state index in [-0.39, 0.29) is 18.2 Å². The van der Waals surface area contributed by atoms with Gasteiger partial charge in [0.25, 0.3) is 5.91 Å². The molecule has 15 heavy (non-hydrogen) atoms. The summed E-state index contributed by atoms with van der Waals surface area (Å²) < 4.78 is 9.74. The molecule has 0 unspecified atom stereocenters. The zero-order valence-corrected chi connectivity index (χ0v) is 8.06. The third-order valence-corrected chi connectivity index (χ3v) is 1.71. The van der Waals surface area contributed by atoms with Crippen LogP contribution in [0.15, 0.2) is 27.3 Å². The molecule has 0 aromatic carbocycles. The van der Waals surface area contributed by atoms with Gasteiger partial charge in [-0.15, -0.1) is 0 Å². The molecule has 2 aromatic rings. The third-order valence-electron chi connectivity index (χ3n) is 1.71. The number of aryl methyl sites for hydroxylation is 1. The van der Waals surface area contributed by atoms with E-state index in [9.17, 15) is 4.79 Å². The molecule has 0 bridgehead atoms. The highest BCUT2D eigenvalue weighted by molar-refractivity contribution is 5.91. The van der Waals surface area contributed by atoms with E-state index in [0.717, 1.165) is 0 Å². The summed E-state index contributed by atoms with van der Waals surface area (Å²) in [4.78, 5) is 15.3. The summed E-state index contributed by atoms with van der Waals surface area (Å²) in [6.07, 6.45) is 1.44. The van der Waals surface area contributed by atoms with Gasteiger partial charge in [-0.05, 0) is 19.1 Å². The molecule has 1 N–H and O–H groups in total. The van der Waals surface area contributed by atoms with E-state index in [1.54, 1.807) is 19.1 Å². The minimum absolute atomic E-state index is 0.195. The molecule has 0 aliphatic carbocycles. The minimum atomic E-state index is -0.309. The normalized spacial score (nSPS) is 10.2. The van der Waals surface area contributed by atoms with Crippen molar-refractivity contribution in [3.8, 4) is 0 Å². The van der Waals surface area contributed by atoms with Gasteiger partial charge < -0.3 is 14.3 Å². The molecular weight excluding hydrogens is 198 g/mol. The molecule has 6 heteroatoms. The number of nitrogens with zero attached hydrogens (tertiary/aromatic N) is 2. The lowest BCUT2D eigenvalue weighted by Crippen LogP contribution is -2.22. The monoisotopic (exact) mass is 207 g/mol. The predicted molar refractivity (Wildman–Crippen MR) is 48.9 cm³/mol. The Kier molecular flexibility index (Phi) is 2.49. The van der Waals surface area contributed by atoms with Crippen LogP contribution in [0.25, 0.3) is 0 Å². The number of nitrogens with one attached hydrogen (secondary N) is 1. The molecule has 2 aromatic heterocycles. The molecule has 0 aliphatic heterocycles. The maximum atomic E-state index is 11.4. The molecular formula is C9H9N3O3. The number of carbonyl (C=O) groups excluding carboxylic acids is 1. The zero-order chi connectivity index (χ0) is 10.7. The highest BCUT2D eigenvalue weighted by Crippen LogP contribution is 2.00. The smallest absolute Gasteiger partial charge is 0.287 e. The second kappa shape index (κ2) is 3.95. The van der Waals surface area contributed by atoms with Crippen molar-refractivity contribution in [2.45, 2.75) is 13.5 Å². The van der Waals surface area contributed by atoms with Crippen LogP contribution in [-0.4, -0.2) is 16.0 Å². The number of carbonyl (C=O) groups is 1. The quantitative estimate of drug-likeness (QED) is 0.808. The van der Waals surface area contributed by atoms with Crippen LogP contribution in [0, 0.1) is 6.92 Å². The largest absolute Gasteiger partial charge is 0.459 e. The van der Waals surface area contributed by atoms with Crippen molar-refractivity contribution in [2.75, 3.05) is 0 Å². The van der Waals surface area contributed by atoms with Crippen molar-refractivity contribution < 1.29 is 13.7 Å². The minimum Gasteiger partial charge on any atom is -0.459 e. The average Bonchev–Trinajstić information content (AvgIpc) is 2.84. The Hall–Kier alpha value is -2.11. The molecule has 0 radical (unpaired) electrons. The van der Waals surface area contributed by atoms with Gasteiger partial charge in [0.1, 0.15) is 0 Å². The van der Waals surface area contributed by atoms with Gasteiger partial charge in [0.2, 0.25) is 5.89 Å². The summed E-state index contributed by atoms with van der Waals surface area (Å²) in [6.45, 7) is 1.90. The average molecular weight is 207 g/mol. The molecule has 78 valence electrons. The van der Waals surface area contributed by atoms with E-state index in [4.69, 9.17) is 8.94 Å². The molecule has 6 nitrogen and oxygen atoms in total. The summed E-state index contributed by atoms with van der Waals surface area (Å²) in [7, 11) is 0. The maximum Gasteiger partial charge on any atom is 0.287 e. The van der Waals surface area contributed by atoms with Crippen molar-refractivity contribution >= 4 is 5.91 Å². The second-order valence-electron chi connectivity index (χ2n) is 2.90. The van der Waals surface area contributed by atoms with E-state index in [1.807, 2.05) is 0 Å². The fraction of sp³-hybridized carbons (Fsp3) is 0.222. The van der Waals surface area contributed by atoms with Crippen molar-refractivity contribution in [3.05, 3.63) is 35.9 Å². The van der Waals surface area contributed by atoms with Crippen molar-refractivity contribution in [1.82, 2.24) is 15.5 Å². The fourth-order valence-electron chi connectivity index (χ4n) is 1.06. The first-order chi connectivity index (χ1) is 7.25. The highest BCUT2D eigenvalue weighted by atomic mass is 16.5. The number of hydrogen-bond acceptors (Lipinski definition) is 5. The zero-order valence-electron chi connectivity index (χ0n) is 8.06. The van der Waals surface area contributed by atoms with Gasteiger partial charge in [0.05, 0.1) is 12.8 Å². The summed E-state index contributed by atoms with van der Waals surface area (Å²) in [5.41, 5.74) is 0. The Bertz CT molecular complexity index is 447. The first-order valence-electron chi connectivity index (χ1n) is 4.36. The van der Waals surface area contributed by atoms with Gasteiger partial charge >= 0.3 is 0 Å². The number of hydrogen-bond donors (Lipinski definition) is 1. The molecule has 0 saturated carbocycles. The maximum absolute atomic E-state index is 11.4. The molecule has 0 aliphatic rings. The summed E-state index contributed by atoms with van der Waals surface area (Å²) >= 11 is 0. The van der Waals surface area contributed by atoms with Crippen LogP contribution in [0.5, 0.6) is 0 Å². The summed E-state index contributed by atoms with van der Waals surface area (Å²) in [5.74, 6) is 0.853. The van der Waals surface area contributed by atoms with Crippen LogP contribution in [0.2, 0.25) is 0 Å². The van der Waals surface area contributed by atoms with E-state index >= 15 is 0 Å². The lowest BCUT2D eigenvalue weighted by molar-refractivity contribution is 0.0918. The van der Waals surface area contributed by atoms with Gasteiger partial charge in [-0.2, -0.15) is 4.98 Å². The van der Waals surface area contributed by atoms with Crippen LogP contribution >= 0.6 is 0 Å². The van der Waals surface area contributed by atoms with Crippen LogP contribution in [0.3, 0.4) is 0 Å².